The topological polar surface area (TPSA) is 106 Å². The minimum Gasteiger partial charge on any atom is -0.286 e. The summed E-state index contributed by atoms with van der Waals surface area (Å²) in [5.74, 6) is 8.00. The Bertz CT molecular complexity index is 96.1. The van der Waals surface area contributed by atoms with Crippen LogP contribution in [0.4, 0.5) is 0 Å². The van der Waals surface area contributed by atoms with Gasteiger partial charge in [0.25, 0.3) is 10.1 Å². The van der Waals surface area contributed by atoms with Crippen LogP contribution >= 0.6 is 0 Å². The molecule has 0 heterocycles. The lowest BCUT2D eigenvalue weighted by atomic mass is 12.0. The van der Waals surface area contributed by atoms with E-state index >= 15 is 0 Å². The van der Waals surface area contributed by atoms with Crippen LogP contribution in [-0.2, 0) is 10.1 Å². The molecule has 0 aromatic rings. The summed E-state index contributed by atoms with van der Waals surface area (Å²) in [5.41, 5.74) is 0. The van der Waals surface area contributed by atoms with Gasteiger partial charge in [-0.1, -0.05) is 0 Å². The van der Waals surface area contributed by atoms with Gasteiger partial charge in [0.2, 0.25) is 0 Å². The molecule has 0 radical (unpaired) electrons. The second-order valence-corrected chi connectivity index (χ2v) is 2.20. The average Bonchev–Trinajstić information content (AvgIpc) is 1.36. The van der Waals surface area contributed by atoms with Gasteiger partial charge in [-0.25, -0.2) is 0 Å². The molecule has 5 N–H and O–H groups in total. The molecule has 0 aliphatic rings. The van der Waals surface area contributed by atoms with E-state index in [1.807, 2.05) is 0 Å². The van der Waals surface area contributed by atoms with Crippen molar-refractivity contribution in [1.29, 1.82) is 0 Å². The molecule has 5 nitrogen and oxygen atoms in total. The third-order valence-electron chi connectivity index (χ3n) is 0. The summed E-state index contributed by atoms with van der Waals surface area (Å²) in [6.07, 6.45) is 0.715. The molecule has 0 saturated heterocycles. The molecule has 0 spiro atoms. The van der Waals surface area contributed by atoms with E-state index in [1.54, 1.807) is 0 Å². The van der Waals surface area contributed by atoms with Crippen LogP contribution < -0.4 is 11.7 Å². The molecule has 46 valence electrons. The van der Waals surface area contributed by atoms with Crippen molar-refractivity contribution in [2.45, 2.75) is 0 Å². The molecule has 0 saturated carbocycles. The van der Waals surface area contributed by atoms with Crippen LogP contribution in [0.2, 0.25) is 0 Å². The molecule has 0 aliphatic heterocycles. The zero-order valence-electron chi connectivity index (χ0n) is 3.83. The van der Waals surface area contributed by atoms with E-state index in [9.17, 15) is 8.42 Å². The van der Waals surface area contributed by atoms with Gasteiger partial charge in [0.05, 0.1) is 6.26 Å². The number of hydrazine groups is 1. The van der Waals surface area contributed by atoms with Gasteiger partial charge in [-0.2, -0.15) is 8.42 Å². The lowest BCUT2D eigenvalue weighted by Crippen LogP contribution is -2.02. The van der Waals surface area contributed by atoms with E-state index in [0.29, 0.717) is 6.26 Å². The van der Waals surface area contributed by atoms with Gasteiger partial charge in [0.15, 0.2) is 0 Å². The van der Waals surface area contributed by atoms with Crippen molar-refractivity contribution in [1.82, 2.24) is 0 Å². The maximum absolute atomic E-state index is 9.19. The highest BCUT2D eigenvalue weighted by atomic mass is 32.2. The van der Waals surface area contributed by atoms with E-state index in [1.165, 1.54) is 0 Å². The Hall–Kier alpha value is -0.170. The summed E-state index contributed by atoms with van der Waals surface area (Å²) in [5, 5.41) is 0. The first-order chi connectivity index (χ1) is 3.00. The third kappa shape index (κ3) is 2960. The van der Waals surface area contributed by atoms with Gasteiger partial charge >= 0.3 is 0 Å². The monoisotopic (exact) mass is 128 g/mol. The van der Waals surface area contributed by atoms with Crippen molar-refractivity contribution in [2.75, 3.05) is 6.26 Å². The van der Waals surface area contributed by atoms with E-state index in [4.69, 9.17) is 4.55 Å². The summed E-state index contributed by atoms with van der Waals surface area (Å²) in [6, 6.07) is 0. The van der Waals surface area contributed by atoms with Crippen LogP contribution in [0.25, 0.3) is 0 Å². The van der Waals surface area contributed by atoms with Gasteiger partial charge in [-0.3, -0.25) is 16.2 Å². The smallest absolute Gasteiger partial charge is 0.261 e. The molecular formula is CH8N2O3S. The average molecular weight is 128 g/mol. The first-order valence-corrected chi connectivity index (χ1v) is 3.11. The molecule has 6 heteroatoms. The van der Waals surface area contributed by atoms with Crippen molar-refractivity contribution in [3.05, 3.63) is 0 Å². The summed E-state index contributed by atoms with van der Waals surface area (Å²) >= 11 is 0. The predicted molar refractivity (Wildman–Crippen MR) is 25.8 cm³/mol. The molecule has 0 bridgehead atoms. The highest BCUT2D eigenvalue weighted by molar-refractivity contribution is 7.85. The summed E-state index contributed by atoms with van der Waals surface area (Å²) < 4.78 is 25.9. The lowest BCUT2D eigenvalue weighted by Gasteiger charge is -1.69. The Kier molecular flexibility index (Phi) is 5.69. The predicted octanol–water partition coefficient (Wildman–Crippen LogP) is -1.68. The van der Waals surface area contributed by atoms with Gasteiger partial charge in [-0.15, -0.1) is 0 Å². The van der Waals surface area contributed by atoms with Crippen LogP contribution in [0.1, 0.15) is 0 Å². The third-order valence-corrected chi connectivity index (χ3v) is 0. The standard InChI is InChI=1S/CH4O3S.H4N2/c1-5(2,3)4;1-2/h1H3,(H,2,3,4);1-2H2. The minimum absolute atomic E-state index is 0.715. The SMILES string of the molecule is CS(=O)(=O)O.NN. The Morgan fingerprint density at radius 1 is 1.43 bits per heavy atom. The molecule has 0 aliphatic carbocycles. The van der Waals surface area contributed by atoms with Crippen molar-refractivity contribution in [3.8, 4) is 0 Å². The second-order valence-electron chi connectivity index (χ2n) is 0.733. The van der Waals surface area contributed by atoms with Crippen LogP contribution in [0.5, 0.6) is 0 Å². The van der Waals surface area contributed by atoms with E-state index < -0.39 is 10.1 Å². The Morgan fingerprint density at radius 3 is 1.43 bits per heavy atom. The van der Waals surface area contributed by atoms with Crippen LogP contribution in [0.3, 0.4) is 0 Å². The molecule has 0 aromatic heterocycles. The number of hydrogen-bond acceptors (Lipinski definition) is 4. The van der Waals surface area contributed by atoms with Crippen LogP contribution in [-0.4, -0.2) is 19.2 Å². The summed E-state index contributed by atoms with van der Waals surface area (Å²) in [4.78, 5) is 0. The fourth-order valence-electron chi connectivity index (χ4n) is 0. The fraction of sp³-hybridized carbons (Fsp3) is 1.00. The zero-order chi connectivity index (χ0) is 6.50. The second kappa shape index (κ2) is 4.00. The zero-order valence-corrected chi connectivity index (χ0v) is 4.64. The Morgan fingerprint density at radius 2 is 1.43 bits per heavy atom. The fourth-order valence-corrected chi connectivity index (χ4v) is 0. The molecule has 7 heavy (non-hydrogen) atoms. The summed E-state index contributed by atoms with van der Waals surface area (Å²) in [7, 11) is -3.67. The van der Waals surface area contributed by atoms with Gasteiger partial charge in [0, 0.05) is 0 Å². The molecule has 0 unspecified atom stereocenters. The van der Waals surface area contributed by atoms with E-state index in [2.05, 4.69) is 11.7 Å². The van der Waals surface area contributed by atoms with Crippen molar-refractivity contribution >= 4 is 10.1 Å². The highest BCUT2D eigenvalue weighted by Crippen LogP contribution is 1.60. The summed E-state index contributed by atoms with van der Waals surface area (Å²) in [6.45, 7) is 0. The Balaban J connectivity index is 0. The molecule has 0 fully saturated rings. The van der Waals surface area contributed by atoms with Gasteiger partial charge in [-0.05, 0) is 0 Å². The van der Waals surface area contributed by atoms with Crippen molar-refractivity contribution < 1.29 is 13.0 Å². The molecule has 0 amide bonds. The number of rotatable bonds is 0. The van der Waals surface area contributed by atoms with Crippen molar-refractivity contribution in [2.24, 2.45) is 11.7 Å². The van der Waals surface area contributed by atoms with Crippen LogP contribution in [0.15, 0.2) is 0 Å². The van der Waals surface area contributed by atoms with Crippen LogP contribution in [0, 0.1) is 0 Å². The first-order valence-electron chi connectivity index (χ1n) is 1.26. The maximum Gasteiger partial charge on any atom is 0.261 e. The van der Waals surface area contributed by atoms with Crippen molar-refractivity contribution in [3.63, 3.8) is 0 Å². The number of nitrogens with two attached hydrogens (primary N) is 2. The molecular weight excluding hydrogens is 120 g/mol. The quantitative estimate of drug-likeness (QED) is 0.205. The highest BCUT2D eigenvalue weighted by Gasteiger charge is 1.81. The minimum atomic E-state index is -3.67. The molecule has 0 atom stereocenters. The molecule has 0 rings (SSSR count). The lowest BCUT2D eigenvalue weighted by molar-refractivity contribution is 0.490. The maximum atomic E-state index is 9.19. The van der Waals surface area contributed by atoms with E-state index in [-0.39, 0.29) is 0 Å². The first kappa shape index (κ1) is 9.95. The van der Waals surface area contributed by atoms with Gasteiger partial charge < -0.3 is 0 Å². The number of hydrogen-bond donors (Lipinski definition) is 3. The van der Waals surface area contributed by atoms with Gasteiger partial charge in [0.1, 0.15) is 0 Å². The molecule has 0 aromatic carbocycles. The Labute approximate surface area is 42.0 Å². The normalized spacial score (nSPS) is 9.14. The van der Waals surface area contributed by atoms with E-state index in [0.717, 1.165) is 0 Å². The largest absolute Gasteiger partial charge is 0.286 e.